The van der Waals surface area contributed by atoms with E-state index < -0.39 is 0 Å². The molecule has 0 aliphatic carbocycles. The zero-order chi connectivity index (χ0) is 21.1. The van der Waals surface area contributed by atoms with Crippen LogP contribution < -0.4 is 5.73 Å². The maximum absolute atomic E-state index is 12.5. The Balaban J connectivity index is 1.40. The molecule has 0 radical (unpaired) electrons. The van der Waals surface area contributed by atoms with Crippen molar-refractivity contribution in [1.82, 2.24) is 4.90 Å². The highest BCUT2D eigenvalue weighted by molar-refractivity contribution is 6.21. The summed E-state index contributed by atoms with van der Waals surface area (Å²) in [7, 11) is 1.69. The molecule has 0 atom stereocenters. The van der Waals surface area contributed by atoms with E-state index in [2.05, 4.69) is 29.3 Å². The first kappa shape index (κ1) is 19.6. The molecule has 0 saturated carbocycles. The lowest BCUT2D eigenvalue weighted by molar-refractivity contribution is 0.0642. The van der Waals surface area contributed by atoms with Gasteiger partial charge in [-0.15, -0.1) is 0 Å². The van der Waals surface area contributed by atoms with Crippen molar-refractivity contribution in [3.63, 3.8) is 0 Å². The van der Waals surface area contributed by atoms with Gasteiger partial charge in [-0.1, -0.05) is 54.6 Å². The van der Waals surface area contributed by atoms with Gasteiger partial charge in [0.05, 0.1) is 17.7 Å². The minimum Gasteiger partial charge on any atom is -0.384 e. The van der Waals surface area contributed by atoms with Gasteiger partial charge < -0.3 is 5.73 Å². The zero-order valence-electron chi connectivity index (χ0n) is 16.8. The molecule has 150 valence electrons. The van der Waals surface area contributed by atoms with Gasteiger partial charge in [0, 0.05) is 12.6 Å². The Morgan fingerprint density at radius 2 is 1.40 bits per heavy atom. The van der Waals surface area contributed by atoms with Crippen LogP contribution >= 0.6 is 0 Å². The van der Waals surface area contributed by atoms with Crippen LogP contribution in [0.15, 0.2) is 77.8 Å². The molecule has 5 nitrogen and oxygen atoms in total. The number of amidine groups is 1. The number of nitrogens with two attached hydrogens (primary N) is 1. The Labute approximate surface area is 175 Å². The smallest absolute Gasteiger partial charge is 0.261 e. The largest absolute Gasteiger partial charge is 0.384 e. The van der Waals surface area contributed by atoms with E-state index in [1.807, 2.05) is 24.3 Å². The number of hydrogen-bond donors (Lipinski definition) is 1. The second kappa shape index (κ2) is 8.33. The van der Waals surface area contributed by atoms with Crippen LogP contribution in [0.5, 0.6) is 0 Å². The summed E-state index contributed by atoms with van der Waals surface area (Å²) in [6.07, 6.45) is 1.78. The summed E-state index contributed by atoms with van der Waals surface area (Å²) < 4.78 is 0. The van der Waals surface area contributed by atoms with Crippen molar-refractivity contribution in [2.75, 3.05) is 7.05 Å². The summed E-state index contributed by atoms with van der Waals surface area (Å²) in [5, 5.41) is 0. The summed E-state index contributed by atoms with van der Waals surface area (Å²) in [6, 6.07) is 23.1. The maximum atomic E-state index is 12.5. The van der Waals surface area contributed by atoms with Gasteiger partial charge in [-0.3, -0.25) is 19.5 Å². The number of carbonyl (C=O) groups excluding carboxylic acids is 2. The van der Waals surface area contributed by atoms with Crippen molar-refractivity contribution in [2.45, 2.75) is 19.4 Å². The minimum absolute atomic E-state index is 0.227. The van der Waals surface area contributed by atoms with Gasteiger partial charge in [-0.2, -0.15) is 0 Å². The van der Waals surface area contributed by atoms with Crippen LogP contribution in [0.4, 0.5) is 0 Å². The van der Waals surface area contributed by atoms with Crippen molar-refractivity contribution in [3.05, 3.63) is 106 Å². The Kier molecular flexibility index (Phi) is 5.44. The lowest BCUT2D eigenvalue weighted by Gasteiger charge is -2.14. The topological polar surface area (TPSA) is 75.8 Å². The highest BCUT2D eigenvalue weighted by Gasteiger charge is 2.34. The van der Waals surface area contributed by atoms with Gasteiger partial charge in [0.1, 0.15) is 5.84 Å². The zero-order valence-corrected chi connectivity index (χ0v) is 16.8. The van der Waals surface area contributed by atoms with Crippen molar-refractivity contribution < 1.29 is 9.59 Å². The van der Waals surface area contributed by atoms with E-state index >= 15 is 0 Å². The molecule has 0 saturated heterocycles. The third kappa shape index (κ3) is 3.87. The van der Waals surface area contributed by atoms with Gasteiger partial charge in [-0.05, 0) is 47.7 Å². The van der Waals surface area contributed by atoms with Crippen LogP contribution in [-0.4, -0.2) is 29.6 Å². The molecule has 0 bridgehead atoms. The summed E-state index contributed by atoms with van der Waals surface area (Å²) in [4.78, 5) is 30.4. The van der Waals surface area contributed by atoms with E-state index in [1.165, 1.54) is 16.0 Å². The average Bonchev–Trinajstić information content (AvgIpc) is 3.03. The quantitative estimate of drug-likeness (QED) is 0.392. The van der Waals surface area contributed by atoms with Crippen molar-refractivity contribution >= 4 is 17.6 Å². The molecule has 3 aromatic rings. The molecule has 0 aromatic heterocycles. The number of amides is 2. The molecule has 30 heavy (non-hydrogen) atoms. The third-order valence-corrected chi connectivity index (χ3v) is 5.41. The van der Waals surface area contributed by atoms with Crippen LogP contribution in [0, 0.1) is 0 Å². The standard InChI is InChI=1S/C25H23N3O2/c1-27-23(26)20-6-4-5-18(15-20)12-9-17-10-13-19(14-11-17)16-28-24(29)21-7-2-3-8-22(21)25(28)30/h2-8,10-11,13-15H,9,12,16H2,1H3,(H2,26,27). The molecule has 1 aliphatic heterocycles. The maximum Gasteiger partial charge on any atom is 0.261 e. The fourth-order valence-corrected chi connectivity index (χ4v) is 3.68. The van der Waals surface area contributed by atoms with Crippen LogP contribution in [0.1, 0.15) is 43.0 Å². The lowest BCUT2D eigenvalue weighted by Crippen LogP contribution is -2.29. The summed E-state index contributed by atoms with van der Waals surface area (Å²) in [5.41, 5.74) is 11.1. The Morgan fingerprint density at radius 3 is 2.03 bits per heavy atom. The SMILES string of the molecule is CN=C(N)c1cccc(CCc2ccc(CN3C(=O)c4ccccc4C3=O)cc2)c1. The number of aliphatic imine (C=N–C) groups is 1. The minimum atomic E-state index is -0.227. The molecule has 1 heterocycles. The normalized spacial score (nSPS) is 13.6. The predicted octanol–water partition coefficient (Wildman–Crippen LogP) is 3.60. The first-order valence-corrected chi connectivity index (χ1v) is 9.91. The highest BCUT2D eigenvalue weighted by Crippen LogP contribution is 2.24. The van der Waals surface area contributed by atoms with E-state index in [9.17, 15) is 9.59 Å². The fourth-order valence-electron chi connectivity index (χ4n) is 3.68. The molecule has 5 heteroatoms. The fraction of sp³-hybridized carbons (Fsp3) is 0.160. The van der Waals surface area contributed by atoms with Gasteiger partial charge in [0.15, 0.2) is 0 Å². The summed E-state index contributed by atoms with van der Waals surface area (Å²) >= 11 is 0. The Bertz CT molecular complexity index is 1100. The highest BCUT2D eigenvalue weighted by atomic mass is 16.2. The van der Waals surface area contributed by atoms with Crippen LogP contribution in [-0.2, 0) is 19.4 Å². The molecular weight excluding hydrogens is 374 g/mol. The number of hydrogen-bond acceptors (Lipinski definition) is 3. The number of aryl methyl sites for hydroxylation is 2. The summed E-state index contributed by atoms with van der Waals surface area (Å²) in [6.45, 7) is 0.282. The van der Waals surface area contributed by atoms with Gasteiger partial charge in [-0.25, -0.2) is 0 Å². The molecular formula is C25H23N3O2. The van der Waals surface area contributed by atoms with E-state index in [0.717, 1.165) is 24.0 Å². The third-order valence-electron chi connectivity index (χ3n) is 5.41. The molecule has 2 N–H and O–H groups in total. The van der Waals surface area contributed by atoms with Gasteiger partial charge in [0.25, 0.3) is 11.8 Å². The lowest BCUT2D eigenvalue weighted by atomic mass is 10.0. The first-order chi connectivity index (χ1) is 14.6. The number of rotatable bonds is 6. The van der Waals surface area contributed by atoms with Gasteiger partial charge >= 0.3 is 0 Å². The average molecular weight is 397 g/mol. The predicted molar refractivity (Wildman–Crippen MR) is 118 cm³/mol. The van der Waals surface area contributed by atoms with Gasteiger partial charge in [0.2, 0.25) is 0 Å². The Morgan fingerprint density at radius 1 is 0.800 bits per heavy atom. The molecule has 0 fully saturated rings. The molecule has 0 unspecified atom stereocenters. The second-order valence-corrected chi connectivity index (χ2v) is 7.37. The van der Waals surface area contributed by atoms with Crippen molar-refractivity contribution in [3.8, 4) is 0 Å². The van der Waals surface area contributed by atoms with Crippen LogP contribution in [0.2, 0.25) is 0 Å². The monoisotopic (exact) mass is 397 g/mol. The first-order valence-electron chi connectivity index (χ1n) is 9.91. The molecule has 2 amide bonds. The molecule has 3 aromatic carbocycles. The van der Waals surface area contributed by atoms with Crippen LogP contribution in [0.25, 0.3) is 0 Å². The van der Waals surface area contributed by atoms with E-state index in [-0.39, 0.29) is 18.4 Å². The van der Waals surface area contributed by atoms with Crippen LogP contribution in [0.3, 0.4) is 0 Å². The molecule has 0 spiro atoms. The number of carbonyl (C=O) groups is 2. The van der Waals surface area contributed by atoms with E-state index in [1.54, 1.807) is 31.3 Å². The van der Waals surface area contributed by atoms with Crippen molar-refractivity contribution in [2.24, 2.45) is 10.7 Å². The number of imide groups is 1. The number of fused-ring (bicyclic) bond motifs is 1. The van der Waals surface area contributed by atoms with E-state index in [4.69, 9.17) is 5.73 Å². The number of benzene rings is 3. The molecule has 1 aliphatic rings. The second-order valence-electron chi connectivity index (χ2n) is 7.37. The Hall–Kier alpha value is -3.73. The van der Waals surface area contributed by atoms with Crippen molar-refractivity contribution in [1.29, 1.82) is 0 Å². The van der Waals surface area contributed by atoms with E-state index in [0.29, 0.717) is 17.0 Å². The molecule has 4 rings (SSSR count). The summed E-state index contributed by atoms with van der Waals surface area (Å²) in [5.74, 6) is 0.0817. The number of nitrogens with zero attached hydrogens (tertiary/aromatic N) is 2.